The molecular formula is C27H36O3PSi+. The van der Waals surface area contributed by atoms with Crippen LogP contribution < -0.4 is 15.9 Å². The Morgan fingerprint density at radius 1 is 0.562 bits per heavy atom. The van der Waals surface area contributed by atoms with E-state index in [9.17, 15) is 0 Å². The van der Waals surface area contributed by atoms with Crippen molar-refractivity contribution in [1.29, 1.82) is 0 Å². The van der Waals surface area contributed by atoms with E-state index in [-0.39, 0.29) is 0 Å². The van der Waals surface area contributed by atoms with E-state index in [4.69, 9.17) is 13.3 Å². The van der Waals surface area contributed by atoms with Gasteiger partial charge in [0.25, 0.3) is 0 Å². The van der Waals surface area contributed by atoms with Crippen molar-refractivity contribution in [2.45, 2.75) is 33.2 Å². The molecule has 0 spiro atoms. The maximum absolute atomic E-state index is 6.15. The fourth-order valence-electron chi connectivity index (χ4n) is 4.42. The molecule has 170 valence electrons. The summed E-state index contributed by atoms with van der Waals surface area (Å²) in [5.41, 5.74) is 0. The van der Waals surface area contributed by atoms with Crippen LogP contribution in [0.5, 0.6) is 0 Å². The number of benzene rings is 3. The van der Waals surface area contributed by atoms with Crippen molar-refractivity contribution >= 4 is 32.0 Å². The van der Waals surface area contributed by atoms with Crippen LogP contribution in [0.15, 0.2) is 91.0 Å². The Morgan fingerprint density at radius 3 is 1.22 bits per heavy atom. The van der Waals surface area contributed by atoms with Crippen LogP contribution in [0.2, 0.25) is 6.04 Å². The van der Waals surface area contributed by atoms with E-state index in [1.54, 1.807) is 0 Å². The summed E-state index contributed by atoms with van der Waals surface area (Å²) in [6.07, 6.45) is 2.03. The van der Waals surface area contributed by atoms with Crippen molar-refractivity contribution in [2.75, 3.05) is 26.0 Å². The van der Waals surface area contributed by atoms with Crippen LogP contribution in [-0.4, -0.2) is 34.8 Å². The third-order valence-electron chi connectivity index (χ3n) is 5.66. The van der Waals surface area contributed by atoms with Gasteiger partial charge in [-0.05, 0) is 63.6 Å². The second-order valence-electron chi connectivity index (χ2n) is 7.63. The fraction of sp³-hybridized carbons (Fsp3) is 0.333. The smallest absolute Gasteiger partial charge is 0.374 e. The van der Waals surface area contributed by atoms with Crippen LogP contribution in [0.1, 0.15) is 27.2 Å². The zero-order valence-electron chi connectivity index (χ0n) is 19.6. The van der Waals surface area contributed by atoms with Crippen LogP contribution >= 0.6 is 7.26 Å². The molecule has 3 nitrogen and oxygen atoms in total. The highest BCUT2D eigenvalue weighted by Crippen LogP contribution is 2.56. The minimum Gasteiger partial charge on any atom is -0.374 e. The molecule has 0 saturated carbocycles. The zero-order chi connectivity index (χ0) is 22.7. The molecule has 32 heavy (non-hydrogen) atoms. The molecule has 0 atom stereocenters. The Labute approximate surface area is 195 Å². The molecule has 0 amide bonds. The van der Waals surface area contributed by atoms with E-state index >= 15 is 0 Å². The number of hydrogen-bond acceptors (Lipinski definition) is 3. The summed E-state index contributed by atoms with van der Waals surface area (Å²) in [4.78, 5) is 0. The van der Waals surface area contributed by atoms with Gasteiger partial charge in [0.05, 0.1) is 6.16 Å². The van der Waals surface area contributed by atoms with Crippen LogP contribution in [0.3, 0.4) is 0 Å². The van der Waals surface area contributed by atoms with E-state index in [1.807, 2.05) is 20.8 Å². The van der Waals surface area contributed by atoms with Crippen molar-refractivity contribution in [2.24, 2.45) is 0 Å². The Balaban J connectivity index is 2.03. The van der Waals surface area contributed by atoms with Crippen molar-refractivity contribution in [3.05, 3.63) is 91.0 Å². The van der Waals surface area contributed by atoms with Crippen molar-refractivity contribution in [3.63, 3.8) is 0 Å². The minimum absolute atomic E-state index is 0.614. The summed E-state index contributed by atoms with van der Waals surface area (Å²) in [5, 5.41) is 4.23. The predicted octanol–water partition coefficient (Wildman–Crippen LogP) is 5.42. The molecule has 3 aromatic rings. The molecule has 5 heteroatoms. The third-order valence-corrected chi connectivity index (χ3v) is 13.3. The van der Waals surface area contributed by atoms with Gasteiger partial charge in [-0.2, -0.15) is 0 Å². The molecule has 0 saturated heterocycles. The van der Waals surface area contributed by atoms with Gasteiger partial charge in [0, 0.05) is 25.9 Å². The first kappa shape index (κ1) is 24.8. The zero-order valence-corrected chi connectivity index (χ0v) is 21.5. The van der Waals surface area contributed by atoms with Crippen LogP contribution in [0, 0.1) is 0 Å². The molecular weight excluding hydrogens is 431 g/mol. The Kier molecular flexibility index (Phi) is 9.64. The summed E-state index contributed by atoms with van der Waals surface area (Å²) in [5.74, 6) is 0. The highest BCUT2D eigenvalue weighted by atomic mass is 31.2. The van der Waals surface area contributed by atoms with Gasteiger partial charge in [0.2, 0.25) is 0 Å². The molecule has 0 aliphatic rings. The lowest BCUT2D eigenvalue weighted by atomic mass is 10.4. The van der Waals surface area contributed by atoms with Gasteiger partial charge in [-0.1, -0.05) is 54.6 Å². The van der Waals surface area contributed by atoms with Crippen LogP contribution in [0.4, 0.5) is 0 Å². The lowest BCUT2D eigenvalue weighted by Gasteiger charge is -2.31. The molecule has 3 rings (SSSR count). The Morgan fingerprint density at radius 2 is 0.906 bits per heavy atom. The molecule has 3 aromatic carbocycles. The van der Waals surface area contributed by atoms with Gasteiger partial charge >= 0.3 is 8.80 Å². The van der Waals surface area contributed by atoms with E-state index < -0.39 is 16.1 Å². The summed E-state index contributed by atoms with van der Waals surface area (Å²) < 4.78 is 18.4. The average molecular weight is 468 g/mol. The Hall–Kier alpha value is -1.81. The highest BCUT2D eigenvalue weighted by molar-refractivity contribution is 7.95. The second-order valence-corrected chi connectivity index (χ2v) is 14.0. The SMILES string of the molecule is CCO[Si](CCC[P+](c1ccccc1)(c1ccccc1)c1ccccc1)(OCC)OCC. The van der Waals surface area contributed by atoms with E-state index in [0.29, 0.717) is 19.8 Å². The topological polar surface area (TPSA) is 27.7 Å². The third kappa shape index (κ3) is 5.75. The number of hydrogen-bond donors (Lipinski definition) is 0. The molecule has 0 aliphatic heterocycles. The standard InChI is InChI=1S/C27H36O3PSi/c1-4-28-32(29-5-2,30-6-3)24-16-23-31(25-17-10-7-11-18-25,26-19-12-8-13-20-26)27-21-14-9-15-22-27/h7-15,17-22H,4-6,16,23-24H2,1-3H3/q+1. The van der Waals surface area contributed by atoms with Crippen molar-refractivity contribution in [3.8, 4) is 0 Å². The van der Waals surface area contributed by atoms with E-state index in [0.717, 1.165) is 18.6 Å². The maximum atomic E-state index is 6.15. The normalized spacial score (nSPS) is 12.1. The van der Waals surface area contributed by atoms with Gasteiger partial charge in [-0.25, -0.2) is 0 Å². The summed E-state index contributed by atoms with van der Waals surface area (Å²) in [6, 6.07) is 33.9. The summed E-state index contributed by atoms with van der Waals surface area (Å²) in [6.45, 7) is 7.91. The van der Waals surface area contributed by atoms with Gasteiger partial charge in [0.1, 0.15) is 23.2 Å². The van der Waals surface area contributed by atoms with Crippen molar-refractivity contribution in [1.82, 2.24) is 0 Å². The first-order chi connectivity index (χ1) is 15.7. The van der Waals surface area contributed by atoms with Gasteiger partial charge < -0.3 is 13.3 Å². The first-order valence-corrected chi connectivity index (χ1v) is 15.6. The quantitative estimate of drug-likeness (QED) is 0.248. The molecule has 0 heterocycles. The molecule has 0 aliphatic carbocycles. The lowest BCUT2D eigenvalue weighted by Crippen LogP contribution is -2.46. The maximum Gasteiger partial charge on any atom is 0.501 e. The average Bonchev–Trinajstić information content (AvgIpc) is 2.84. The van der Waals surface area contributed by atoms with Crippen LogP contribution in [-0.2, 0) is 13.3 Å². The molecule has 0 N–H and O–H groups in total. The summed E-state index contributed by atoms with van der Waals surface area (Å²) >= 11 is 0. The molecule has 0 bridgehead atoms. The van der Waals surface area contributed by atoms with Crippen molar-refractivity contribution < 1.29 is 13.3 Å². The van der Waals surface area contributed by atoms with E-state index in [2.05, 4.69) is 91.0 Å². The first-order valence-electron chi connectivity index (χ1n) is 11.7. The fourth-order valence-corrected chi connectivity index (χ4v) is 11.7. The summed E-state index contributed by atoms with van der Waals surface area (Å²) in [7, 11) is -4.52. The Bertz CT molecular complexity index is 792. The highest BCUT2D eigenvalue weighted by Gasteiger charge is 2.47. The van der Waals surface area contributed by atoms with E-state index in [1.165, 1.54) is 15.9 Å². The molecule has 0 fully saturated rings. The van der Waals surface area contributed by atoms with Gasteiger partial charge in [0.15, 0.2) is 0 Å². The largest absolute Gasteiger partial charge is 0.501 e. The minimum atomic E-state index is -2.68. The van der Waals surface area contributed by atoms with Crippen LogP contribution in [0.25, 0.3) is 0 Å². The predicted molar refractivity (Wildman–Crippen MR) is 140 cm³/mol. The second kappa shape index (κ2) is 12.4. The number of rotatable bonds is 13. The molecule has 0 unspecified atom stereocenters. The molecule has 0 radical (unpaired) electrons. The monoisotopic (exact) mass is 467 g/mol. The lowest BCUT2D eigenvalue weighted by molar-refractivity contribution is 0.0712. The van der Waals surface area contributed by atoms with Gasteiger partial charge in [-0.3, -0.25) is 0 Å². The molecule has 0 aromatic heterocycles. The van der Waals surface area contributed by atoms with Gasteiger partial charge in [-0.15, -0.1) is 0 Å².